The minimum absolute atomic E-state index is 0.0472. The Balaban J connectivity index is 1.68. The van der Waals surface area contributed by atoms with E-state index in [2.05, 4.69) is 9.36 Å². The van der Waals surface area contributed by atoms with Gasteiger partial charge >= 0.3 is 0 Å². The van der Waals surface area contributed by atoms with Crippen LogP contribution in [0.25, 0.3) is 10.2 Å². The molecule has 1 aliphatic carbocycles. The molecule has 0 spiro atoms. The maximum Gasteiger partial charge on any atom is 0.262 e. The Labute approximate surface area is 151 Å². The van der Waals surface area contributed by atoms with Gasteiger partial charge in [-0.15, -0.1) is 11.3 Å². The third-order valence-electron chi connectivity index (χ3n) is 4.06. The van der Waals surface area contributed by atoms with Crippen molar-refractivity contribution in [1.82, 2.24) is 18.9 Å². The highest BCUT2D eigenvalue weighted by molar-refractivity contribution is 8.00. The number of hydrogen-bond acceptors (Lipinski definition) is 8. The van der Waals surface area contributed by atoms with Crippen LogP contribution < -0.4 is 5.56 Å². The zero-order chi connectivity index (χ0) is 16.7. The molecule has 0 saturated heterocycles. The molecular formula is C15H16N4O2S3. The van der Waals surface area contributed by atoms with Crippen LogP contribution in [-0.4, -0.2) is 32.6 Å². The number of hydrogen-bond donors (Lipinski definition) is 0. The van der Waals surface area contributed by atoms with Crippen LogP contribution in [0.15, 0.2) is 14.3 Å². The van der Waals surface area contributed by atoms with Crippen molar-refractivity contribution in [2.45, 2.75) is 35.2 Å². The third kappa shape index (κ3) is 2.79. The molecule has 1 aliphatic rings. The first-order valence-electron chi connectivity index (χ1n) is 7.68. The number of aromatic nitrogens is 4. The van der Waals surface area contributed by atoms with Crippen LogP contribution in [0.5, 0.6) is 0 Å². The molecule has 0 unspecified atom stereocenters. The number of methoxy groups -OCH3 is 1. The van der Waals surface area contributed by atoms with E-state index in [9.17, 15) is 4.79 Å². The van der Waals surface area contributed by atoms with E-state index < -0.39 is 0 Å². The number of rotatable bonds is 5. The molecule has 3 aromatic rings. The van der Waals surface area contributed by atoms with Gasteiger partial charge in [0.15, 0.2) is 9.50 Å². The lowest BCUT2D eigenvalue weighted by Gasteiger charge is -2.05. The first-order chi connectivity index (χ1) is 11.7. The quantitative estimate of drug-likeness (QED) is 0.634. The number of thiophene rings is 1. The lowest BCUT2D eigenvalue weighted by Crippen LogP contribution is -2.19. The van der Waals surface area contributed by atoms with Gasteiger partial charge in [0.1, 0.15) is 10.7 Å². The van der Waals surface area contributed by atoms with Crippen LogP contribution in [0.1, 0.15) is 22.7 Å². The Bertz CT molecular complexity index is 960. The Kier molecular flexibility index (Phi) is 4.42. The van der Waals surface area contributed by atoms with Gasteiger partial charge in [-0.05, 0) is 48.1 Å². The fourth-order valence-corrected chi connectivity index (χ4v) is 5.77. The SMILES string of the molecule is COCCc1nsc(Sc2nc3sc4c(c3c(=O)n2C)CCC4)n1. The molecule has 9 heteroatoms. The molecule has 3 heterocycles. The summed E-state index contributed by atoms with van der Waals surface area (Å²) >= 11 is 4.40. The molecule has 0 aromatic carbocycles. The summed E-state index contributed by atoms with van der Waals surface area (Å²) in [7, 11) is 3.44. The van der Waals surface area contributed by atoms with Gasteiger partial charge in [-0.3, -0.25) is 9.36 Å². The van der Waals surface area contributed by atoms with Crippen molar-refractivity contribution in [2.24, 2.45) is 7.05 Å². The zero-order valence-electron chi connectivity index (χ0n) is 13.4. The summed E-state index contributed by atoms with van der Waals surface area (Å²) in [5.74, 6) is 0.769. The summed E-state index contributed by atoms with van der Waals surface area (Å²) in [4.78, 5) is 24.2. The van der Waals surface area contributed by atoms with Gasteiger partial charge in [0, 0.05) is 25.5 Å². The molecule has 0 N–H and O–H groups in total. The Morgan fingerprint density at radius 3 is 3.04 bits per heavy atom. The van der Waals surface area contributed by atoms with E-state index in [1.165, 1.54) is 33.7 Å². The van der Waals surface area contributed by atoms with Crippen molar-refractivity contribution in [3.8, 4) is 0 Å². The van der Waals surface area contributed by atoms with Gasteiger partial charge in [-0.2, -0.15) is 4.37 Å². The molecule has 0 amide bonds. The van der Waals surface area contributed by atoms with Gasteiger partial charge in [0.2, 0.25) is 0 Å². The number of nitrogens with zero attached hydrogens (tertiary/aromatic N) is 4. The summed E-state index contributed by atoms with van der Waals surface area (Å²) in [6.07, 6.45) is 3.90. The van der Waals surface area contributed by atoms with Crippen molar-refractivity contribution in [3.63, 3.8) is 0 Å². The molecule has 0 bridgehead atoms. The van der Waals surface area contributed by atoms with Gasteiger partial charge in [-0.1, -0.05) is 0 Å². The molecule has 0 atom stereocenters. The van der Waals surface area contributed by atoms with Crippen molar-refractivity contribution in [3.05, 3.63) is 26.6 Å². The first kappa shape index (κ1) is 16.2. The fraction of sp³-hybridized carbons (Fsp3) is 0.467. The number of ether oxygens (including phenoxy) is 1. The summed E-state index contributed by atoms with van der Waals surface area (Å²) in [5, 5.41) is 1.49. The number of aryl methyl sites for hydroxylation is 2. The van der Waals surface area contributed by atoms with Crippen LogP contribution in [0.4, 0.5) is 0 Å². The first-order valence-corrected chi connectivity index (χ1v) is 10.1. The lowest BCUT2D eigenvalue weighted by molar-refractivity contribution is 0.200. The largest absolute Gasteiger partial charge is 0.384 e. The van der Waals surface area contributed by atoms with E-state index in [1.54, 1.807) is 30.1 Å². The maximum atomic E-state index is 12.8. The summed E-state index contributed by atoms with van der Waals surface area (Å²) < 4.78 is 11.8. The van der Waals surface area contributed by atoms with E-state index in [0.29, 0.717) is 18.2 Å². The van der Waals surface area contributed by atoms with E-state index >= 15 is 0 Å². The monoisotopic (exact) mass is 380 g/mol. The van der Waals surface area contributed by atoms with Gasteiger partial charge in [0.25, 0.3) is 5.56 Å². The van der Waals surface area contributed by atoms with Gasteiger partial charge < -0.3 is 4.74 Å². The van der Waals surface area contributed by atoms with Gasteiger partial charge in [0.05, 0.1) is 12.0 Å². The van der Waals surface area contributed by atoms with Crippen molar-refractivity contribution >= 4 is 44.8 Å². The highest BCUT2D eigenvalue weighted by atomic mass is 32.2. The third-order valence-corrected chi connectivity index (χ3v) is 7.09. The Hall–Kier alpha value is -1.29. The van der Waals surface area contributed by atoms with Crippen LogP contribution in [0, 0.1) is 0 Å². The standard InChI is InChI=1S/C15H16N4O2S3/c1-19-13(20)11-8-4-3-5-9(8)22-12(11)17-14(19)23-15-16-10(18-24-15)6-7-21-2/h3-7H2,1-2H3. The van der Waals surface area contributed by atoms with E-state index in [1.807, 2.05) is 0 Å². The molecule has 4 rings (SSSR count). The average molecular weight is 381 g/mol. The highest BCUT2D eigenvalue weighted by Crippen LogP contribution is 2.36. The van der Waals surface area contributed by atoms with Gasteiger partial charge in [-0.25, -0.2) is 9.97 Å². The topological polar surface area (TPSA) is 69.9 Å². The van der Waals surface area contributed by atoms with Crippen LogP contribution in [-0.2, 0) is 31.0 Å². The van der Waals surface area contributed by atoms with Crippen molar-refractivity contribution in [2.75, 3.05) is 13.7 Å². The summed E-state index contributed by atoms with van der Waals surface area (Å²) in [5.41, 5.74) is 1.27. The second kappa shape index (κ2) is 6.55. The second-order valence-corrected chi connectivity index (χ2v) is 8.67. The van der Waals surface area contributed by atoms with Crippen molar-refractivity contribution in [1.29, 1.82) is 0 Å². The smallest absolute Gasteiger partial charge is 0.262 e. The highest BCUT2D eigenvalue weighted by Gasteiger charge is 2.23. The minimum Gasteiger partial charge on any atom is -0.384 e. The molecular weight excluding hydrogens is 364 g/mol. The molecule has 6 nitrogen and oxygen atoms in total. The minimum atomic E-state index is 0.0472. The summed E-state index contributed by atoms with van der Waals surface area (Å²) in [6, 6.07) is 0. The fourth-order valence-electron chi connectivity index (χ4n) is 2.85. The zero-order valence-corrected chi connectivity index (χ0v) is 15.8. The Morgan fingerprint density at radius 1 is 1.33 bits per heavy atom. The molecule has 0 radical (unpaired) electrons. The lowest BCUT2D eigenvalue weighted by atomic mass is 10.2. The van der Waals surface area contributed by atoms with Crippen LogP contribution in [0.2, 0.25) is 0 Å². The second-order valence-electron chi connectivity index (χ2n) is 5.62. The maximum absolute atomic E-state index is 12.8. The Morgan fingerprint density at radius 2 is 2.21 bits per heavy atom. The molecule has 0 saturated carbocycles. The molecule has 3 aromatic heterocycles. The van der Waals surface area contributed by atoms with Crippen LogP contribution in [0.3, 0.4) is 0 Å². The summed E-state index contributed by atoms with van der Waals surface area (Å²) in [6.45, 7) is 0.601. The average Bonchev–Trinajstić information content (AvgIpc) is 3.26. The van der Waals surface area contributed by atoms with E-state index in [4.69, 9.17) is 9.72 Å². The van der Waals surface area contributed by atoms with Crippen LogP contribution >= 0.6 is 34.6 Å². The molecule has 24 heavy (non-hydrogen) atoms. The predicted molar refractivity (Wildman–Crippen MR) is 96.5 cm³/mol. The molecule has 0 aliphatic heterocycles. The van der Waals surface area contributed by atoms with E-state index in [0.717, 1.165) is 39.6 Å². The predicted octanol–water partition coefficient (Wildman–Crippen LogP) is 2.68. The molecule has 126 valence electrons. The van der Waals surface area contributed by atoms with Crippen molar-refractivity contribution < 1.29 is 4.74 Å². The number of fused-ring (bicyclic) bond motifs is 3. The normalized spacial score (nSPS) is 13.8. The molecule has 0 fully saturated rings. The van der Waals surface area contributed by atoms with E-state index in [-0.39, 0.29) is 5.56 Å².